The molecule has 0 spiro atoms. The highest BCUT2D eigenvalue weighted by molar-refractivity contribution is 5.89. The highest BCUT2D eigenvalue weighted by Gasteiger charge is 2.45. The van der Waals surface area contributed by atoms with E-state index in [2.05, 4.69) is 5.32 Å². The van der Waals surface area contributed by atoms with Gasteiger partial charge in [-0.25, -0.2) is 4.79 Å². The summed E-state index contributed by atoms with van der Waals surface area (Å²) in [6.07, 6.45) is 5.44. The smallest absolute Gasteiger partial charge is 0.338 e. The van der Waals surface area contributed by atoms with Crippen molar-refractivity contribution in [2.24, 2.45) is 5.41 Å². The number of aliphatic hydroxyl groups excluding tert-OH is 1. The molecule has 3 rings (SSSR count). The van der Waals surface area contributed by atoms with Crippen LogP contribution in [0.5, 0.6) is 0 Å². The van der Waals surface area contributed by atoms with E-state index in [1.54, 1.807) is 19.1 Å². The van der Waals surface area contributed by atoms with Gasteiger partial charge in [0.1, 0.15) is 0 Å². The summed E-state index contributed by atoms with van der Waals surface area (Å²) in [7, 11) is 1.38. The Morgan fingerprint density at radius 3 is 2.71 bits per heavy atom. The Balaban J connectivity index is 1.87. The molecule has 6 heteroatoms. The summed E-state index contributed by atoms with van der Waals surface area (Å²) in [4.78, 5) is 24.3. The number of ether oxygens (including phenoxy) is 2. The highest BCUT2D eigenvalue weighted by Crippen LogP contribution is 2.47. The van der Waals surface area contributed by atoms with Gasteiger partial charge in [0, 0.05) is 18.0 Å². The maximum absolute atomic E-state index is 12.2. The van der Waals surface area contributed by atoms with Crippen molar-refractivity contribution >= 4 is 11.9 Å². The number of benzene rings is 1. The molecule has 2 atom stereocenters. The first-order valence-electron chi connectivity index (χ1n) is 10.3. The molecular weight excluding hydrogens is 358 g/mol. The normalized spacial score (nSPS) is 24.6. The zero-order valence-electron chi connectivity index (χ0n) is 16.8. The molecule has 0 aromatic heterocycles. The Hall–Kier alpha value is -1.92. The number of carbonyl (C=O) groups excluding carboxylic acids is 2. The van der Waals surface area contributed by atoms with Gasteiger partial charge in [-0.1, -0.05) is 18.9 Å². The Labute approximate surface area is 166 Å². The molecule has 0 amide bonds. The molecule has 0 saturated heterocycles. The minimum atomic E-state index is -0.848. The maximum atomic E-state index is 12.2. The van der Waals surface area contributed by atoms with Crippen LogP contribution in [0.15, 0.2) is 18.2 Å². The topological polar surface area (TPSA) is 84.9 Å². The van der Waals surface area contributed by atoms with E-state index < -0.39 is 17.5 Å². The molecule has 1 fully saturated rings. The van der Waals surface area contributed by atoms with Crippen LogP contribution in [0.25, 0.3) is 0 Å². The lowest BCUT2D eigenvalue weighted by molar-refractivity contribution is -0.146. The van der Waals surface area contributed by atoms with Gasteiger partial charge in [0.2, 0.25) is 0 Å². The second-order valence-electron chi connectivity index (χ2n) is 8.01. The molecule has 1 aromatic rings. The third-order valence-electron chi connectivity index (χ3n) is 6.25. The van der Waals surface area contributed by atoms with E-state index in [1.807, 2.05) is 6.07 Å². The number of rotatable bonds is 7. The van der Waals surface area contributed by atoms with Gasteiger partial charge in [-0.2, -0.15) is 0 Å². The standard InChI is InChI=1S/C22H31NO5/c1-3-28-21(26)16-9-8-15-10-11-22(13-19(24)27-2,20(25)18(15)12-16)14-23-17-6-4-5-7-17/h8-9,12,17,20,23,25H,3-7,10-11,13-14H2,1-2H3. The predicted molar refractivity (Wildman–Crippen MR) is 105 cm³/mol. The lowest BCUT2D eigenvalue weighted by atomic mass is 9.67. The van der Waals surface area contributed by atoms with Gasteiger partial charge in [-0.05, 0) is 55.9 Å². The lowest BCUT2D eigenvalue weighted by Crippen LogP contribution is -2.46. The first kappa shape index (κ1) is 20.8. The van der Waals surface area contributed by atoms with Crippen LogP contribution in [0.2, 0.25) is 0 Å². The van der Waals surface area contributed by atoms with Crippen molar-refractivity contribution in [3.63, 3.8) is 0 Å². The molecule has 154 valence electrons. The van der Waals surface area contributed by atoms with Crippen LogP contribution >= 0.6 is 0 Å². The first-order valence-corrected chi connectivity index (χ1v) is 10.3. The van der Waals surface area contributed by atoms with Gasteiger partial charge in [-0.15, -0.1) is 0 Å². The minimum Gasteiger partial charge on any atom is -0.469 e. The van der Waals surface area contributed by atoms with E-state index >= 15 is 0 Å². The quantitative estimate of drug-likeness (QED) is 0.698. The van der Waals surface area contributed by atoms with E-state index in [4.69, 9.17) is 9.47 Å². The fraction of sp³-hybridized carbons (Fsp3) is 0.636. The molecule has 0 bridgehead atoms. The molecule has 1 aromatic carbocycles. The molecule has 2 aliphatic carbocycles. The number of hydrogen-bond acceptors (Lipinski definition) is 6. The van der Waals surface area contributed by atoms with Crippen LogP contribution in [-0.4, -0.2) is 43.3 Å². The summed E-state index contributed by atoms with van der Waals surface area (Å²) in [5.74, 6) is -0.719. The summed E-state index contributed by atoms with van der Waals surface area (Å²) in [5, 5.41) is 14.9. The van der Waals surface area contributed by atoms with Gasteiger partial charge >= 0.3 is 11.9 Å². The van der Waals surface area contributed by atoms with E-state index in [9.17, 15) is 14.7 Å². The summed E-state index contributed by atoms with van der Waals surface area (Å²) in [6, 6.07) is 5.79. The van der Waals surface area contributed by atoms with Crippen molar-refractivity contribution < 1.29 is 24.2 Å². The molecule has 2 aliphatic rings. The molecular formula is C22H31NO5. The highest BCUT2D eigenvalue weighted by atomic mass is 16.5. The number of hydrogen-bond donors (Lipinski definition) is 2. The van der Waals surface area contributed by atoms with Crippen molar-refractivity contribution in [2.45, 2.75) is 64.0 Å². The van der Waals surface area contributed by atoms with E-state index in [0.717, 1.165) is 24.8 Å². The Bertz CT molecular complexity index is 713. The van der Waals surface area contributed by atoms with Crippen LogP contribution in [0.3, 0.4) is 0 Å². The van der Waals surface area contributed by atoms with Crippen molar-refractivity contribution in [2.75, 3.05) is 20.3 Å². The summed E-state index contributed by atoms with van der Waals surface area (Å²) in [6.45, 7) is 2.62. The molecule has 2 unspecified atom stereocenters. The maximum Gasteiger partial charge on any atom is 0.338 e. The fourth-order valence-electron chi connectivity index (χ4n) is 4.54. The Morgan fingerprint density at radius 1 is 1.29 bits per heavy atom. The minimum absolute atomic E-state index is 0.146. The molecule has 1 saturated carbocycles. The van der Waals surface area contributed by atoms with Crippen LogP contribution in [0.1, 0.15) is 73.0 Å². The van der Waals surface area contributed by atoms with E-state index in [1.165, 1.54) is 20.0 Å². The average Bonchev–Trinajstić information content (AvgIpc) is 3.22. The summed E-state index contributed by atoms with van der Waals surface area (Å²) in [5.41, 5.74) is 1.52. The third-order valence-corrected chi connectivity index (χ3v) is 6.25. The van der Waals surface area contributed by atoms with Crippen molar-refractivity contribution in [1.29, 1.82) is 0 Å². The van der Waals surface area contributed by atoms with Crippen LogP contribution in [-0.2, 0) is 20.7 Å². The van der Waals surface area contributed by atoms with Gasteiger partial charge in [0.05, 0.1) is 31.8 Å². The number of esters is 2. The zero-order valence-corrected chi connectivity index (χ0v) is 16.8. The number of fused-ring (bicyclic) bond motifs is 1. The lowest BCUT2D eigenvalue weighted by Gasteiger charge is -2.43. The van der Waals surface area contributed by atoms with Crippen LogP contribution in [0, 0.1) is 5.41 Å². The first-order chi connectivity index (χ1) is 13.5. The van der Waals surface area contributed by atoms with Gasteiger partial charge in [0.15, 0.2) is 0 Å². The van der Waals surface area contributed by atoms with E-state index in [-0.39, 0.29) is 12.4 Å². The van der Waals surface area contributed by atoms with Gasteiger partial charge in [0.25, 0.3) is 0 Å². The molecule has 0 radical (unpaired) electrons. The molecule has 0 heterocycles. The number of aryl methyl sites for hydroxylation is 1. The third kappa shape index (κ3) is 4.39. The molecule has 0 aliphatic heterocycles. The fourth-order valence-corrected chi connectivity index (χ4v) is 4.54. The van der Waals surface area contributed by atoms with Crippen LogP contribution < -0.4 is 5.32 Å². The monoisotopic (exact) mass is 389 g/mol. The van der Waals surface area contributed by atoms with E-state index in [0.29, 0.717) is 36.7 Å². The summed E-state index contributed by atoms with van der Waals surface area (Å²) >= 11 is 0. The predicted octanol–water partition coefficient (Wildman–Crippen LogP) is 2.92. The molecule has 28 heavy (non-hydrogen) atoms. The summed E-state index contributed by atoms with van der Waals surface area (Å²) < 4.78 is 10.0. The molecule has 6 nitrogen and oxygen atoms in total. The number of carbonyl (C=O) groups is 2. The number of nitrogens with one attached hydrogen (secondary N) is 1. The second kappa shape index (κ2) is 9.05. The zero-order chi connectivity index (χ0) is 20.1. The van der Waals surface area contributed by atoms with Crippen molar-refractivity contribution in [1.82, 2.24) is 5.32 Å². The van der Waals surface area contributed by atoms with Crippen molar-refractivity contribution in [3.8, 4) is 0 Å². The number of methoxy groups -OCH3 is 1. The van der Waals surface area contributed by atoms with Gasteiger partial charge in [-0.3, -0.25) is 4.79 Å². The van der Waals surface area contributed by atoms with Gasteiger partial charge < -0.3 is 19.9 Å². The second-order valence-corrected chi connectivity index (χ2v) is 8.01. The molecule has 2 N–H and O–H groups in total. The largest absolute Gasteiger partial charge is 0.469 e. The Kier molecular flexibility index (Phi) is 6.73. The van der Waals surface area contributed by atoms with Crippen LogP contribution in [0.4, 0.5) is 0 Å². The van der Waals surface area contributed by atoms with Crippen molar-refractivity contribution in [3.05, 3.63) is 34.9 Å². The average molecular weight is 389 g/mol. The Morgan fingerprint density at radius 2 is 2.04 bits per heavy atom. The number of aliphatic hydroxyl groups is 1. The SMILES string of the molecule is CCOC(=O)c1ccc2c(c1)C(O)C(CNC1CCCC1)(CC(=O)OC)CC2.